The number of fused-ring (bicyclic) bond motifs is 1. The summed E-state index contributed by atoms with van der Waals surface area (Å²) >= 11 is 0. The molecule has 0 bridgehead atoms. The summed E-state index contributed by atoms with van der Waals surface area (Å²) in [6, 6.07) is 16.0. The number of aryl methyl sites for hydroxylation is 1. The van der Waals surface area contributed by atoms with Crippen LogP contribution in [0.1, 0.15) is 27.3 Å². The number of methoxy groups -OCH3 is 1. The molecule has 1 aliphatic heterocycles. The van der Waals surface area contributed by atoms with Gasteiger partial charge in [0.2, 0.25) is 12.6 Å². The summed E-state index contributed by atoms with van der Waals surface area (Å²) in [7, 11) is 1.55. The molecule has 8 nitrogen and oxygen atoms in total. The monoisotopic (exact) mass is 458 g/mol. The summed E-state index contributed by atoms with van der Waals surface area (Å²) in [5.74, 6) is 0.735. The van der Waals surface area contributed by atoms with E-state index in [4.69, 9.17) is 18.9 Å². The molecule has 0 amide bonds. The molecule has 34 heavy (non-hydrogen) atoms. The molecule has 2 aromatic carbocycles. The number of esters is 1. The van der Waals surface area contributed by atoms with Crippen LogP contribution in [0.2, 0.25) is 0 Å². The lowest BCUT2D eigenvalue weighted by molar-refractivity contribution is -0.137. The number of ether oxygens (including phenoxy) is 4. The Labute approximate surface area is 196 Å². The second-order valence-electron chi connectivity index (χ2n) is 7.60. The molecule has 0 saturated heterocycles. The van der Waals surface area contributed by atoms with E-state index in [-0.39, 0.29) is 18.1 Å². The maximum atomic E-state index is 12.8. The van der Waals surface area contributed by atoms with E-state index in [1.807, 2.05) is 42.7 Å². The van der Waals surface area contributed by atoms with E-state index in [9.17, 15) is 14.9 Å². The van der Waals surface area contributed by atoms with Gasteiger partial charge in [-0.25, -0.2) is 4.79 Å². The van der Waals surface area contributed by atoms with E-state index in [0.29, 0.717) is 34.1 Å². The number of hydrogen-bond donors (Lipinski definition) is 0. The Morgan fingerprint density at radius 2 is 1.82 bits per heavy atom. The van der Waals surface area contributed by atoms with Crippen molar-refractivity contribution in [2.45, 2.75) is 13.8 Å². The fraction of sp³-hybridized carbons (Fsp3) is 0.192. The predicted octanol–water partition coefficient (Wildman–Crippen LogP) is 4.16. The molecule has 0 N–H and O–H groups in total. The van der Waals surface area contributed by atoms with Gasteiger partial charge in [0, 0.05) is 28.7 Å². The summed E-state index contributed by atoms with van der Waals surface area (Å²) in [4.78, 5) is 25.2. The summed E-state index contributed by atoms with van der Waals surface area (Å²) in [5.41, 5.74) is 3.22. The first-order valence-electron chi connectivity index (χ1n) is 10.5. The zero-order valence-corrected chi connectivity index (χ0v) is 19.0. The molecule has 1 aliphatic rings. The van der Waals surface area contributed by atoms with Crippen molar-refractivity contribution in [3.63, 3.8) is 0 Å². The topological polar surface area (TPSA) is 99.8 Å². The number of nitriles is 1. The molecule has 0 fully saturated rings. The Morgan fingerprint density at radius 1 is 1.09 bits per heavy atom. The quantitative estimate of drug-likeness (QED) is 0.227. The molecule has 4 rings (SSSR count). The van der Waals surface area contributed by atoms with Crippen molar-refractivity contribution >= 4 is 17.8 Å². The average molecular weight is 458 g/mol. The number of Topliss-reactive ketones (excluding diaryl/α,β-unsaturated/α-hetero) is 1. The van der Waals surface area contributed by atoms with Crippen LogP contribution in [0, 0.1) is 25.2 Å². The lowest BCUT2D eigenvalue weighted by Crippen LogP contribution is -2.15. The third-order valence-corrected chi connectivity index (χ3v) is 5.45. The molecule has 0 atom stereocenters. The molecule has 2 heterocycles. The largest absolute Gasteiger partial charge is 0.497 e. The van der Waals surface area contributed by atoms with Crippen LogP contribution in [0.15, 0.2) is 54.1 Å². The SMILES string of the molecule is COc1ccc(/C=C(/C#N)C(=O)OCC(=O)c2cc(C)n(-c3ccc4c(c3)OCO4)c2C)cc1. The summed E-state index contributed by atoms with van der Waals surface area (Å²) in [6.07, 6.45) is 1.40. The van der Waals surface area contributed by atoms with Gasteiger partial charge in [-0.05, 0) is 55.8 Å². The van der Waals surface area contributed by atoms with Gasteiger partial charge < -0.3 is 23.5 Å². The standard InChI is InChI=1S/C26H22N2O6/c1-16-10-22(17(2)28(16)20-6-9-24-25(12-20)34-15-33-24)23(29)14-32-26(30)19(13-27)11-18-4-7-21(31-3)8-5-18/h4-12H,14-15H2,1-3H3/b19-11-. The highest BCUT2D eigenvalue weighted by Crippen LogP contribution is 2.35. The van der Waals surface area contributed by atoms with Crippen molar-refractivity contribution in [1.82, 2.24) is 4.57 Å². The predicted molar refractivity (Wildman–Crippen MR) is 123 cm³/mol. The molecular formula is C26H22N2O6. The molecule has 0 aliphatic carbocycles. The van der Waals surface area contributed by atoms with Crippen LogP contribution in [0.5, 0.6) is 17.2 Å². The van der Waals surface area contributed by atoms with Crippen molar-refractivity contribution in [3.05, 3.63) is 76.6 Å². The van der Waals surface area contributed by atoms with Crippen molar-refractivity contribution < 1.29 is 28.5 Å². The minimum Gasteiger partial charge on any atom is -0.497 e. The second-order valence-corrected chi connectivity index (χ2v) is 7.60. The molecule has 8 heteroatoms. The number of rotatable bonds is 7. The van der Waals surface area contributed by atoms with Crippen molar-refractivity contribution in [1.29, 1.82) is 5.26 Å². The highest BCUT2D eigenvalue weighted by Gasteiger charge is 2.21. The van der Waals surface area contributed by atoms with E-state index in [0.717, 1.165) is 11.4 Å². The van der Waals surface area contributed by atoms with E-state index in [1.165, 1.54) is 6.08 Å². The second kappa shape index (κ2) is 9.55. The maximum absolute atomic E-state index is 12.8. The minimum atomic E-state index is -0.865. The van der Waals surface area contributed by atoms with Crippen molar-refractivity contribution in [2.24, 2.45) is 0 Å². The zero-order chi connectivity index (χ0) is 24.2. The van der Waals surface area contributed by atoms with E-state index in [2.05, 4.69) is 0 Å². The Balaban J connectivity index is 1.47. The first-order valence-corrected chi connectivity index (χ1v) is 10.5. The van der Waals surface area contributed by atoms with Gasteiger partial charge in [0.05, 0.1) is 7.11 Å². The van der Waals surface area contributed by atoms with Crippen LogP contribution in [0.25, 0.3) is 11.8 Å². The third-order valence-electron chi connectivity index (χ3n) is 5.45. The Hall–Kier alpha value is -4.51. The van der Waals surface area contributed by atoms with Crippen LogP contribution in [0.3, 0.4) is 0 Å². The van der Waals surface area contributed by atoms with E-state index < -0.39 is 12.6 Å². The van der Waals surface area contributed by atoms with Gasteiger partial charge in [-0.15, -0.1) is 0 Å². The van der Waals surface area contributed by atoms with E-state index >= 15 is 0 Å². The molecule has 0 radical (unpaired) electrons. The minimum absolute atomic E-state index is 0.176. The zero-order valence-electron chi connectivity index (χ0n) is 19.0. The van der Waals surface area contributed by atoms with Gasteiger partial charge in [-0.1, -0.05) is 12.1 Å². The van der Waals surface area contributed by atoms with Crippen LogP contribution < -0.4 is 14.2 Å². The number of nitrogens with zero attached hydrogens (tertiary/aromatic N) is 2. The van der Waals surface area contributed by atoms with Gasteiger partial charge in [-0.3, -0.25) is 4.79 Å². The van der Waals surface area contributed by atoms with Gasteiger partial charge in [0.15, 0.2) is 18.1 Å². The molecule has 0 spiro atoms. The molecule has 172 valence electrons. The number of ketones is 1. The van der Waals surface area contributed by atoms with Crippen molar-refractivity contribution in [2.75, 3.05) is 20.5 Å². The highest BCUT2D eigenvalue weighted by atomic mass is 16.7. The van der Waals surface area contributed by atoms with Gasteiger partial charge >= 0.3 is 5.97 Å². The van der Waals surface area contributed by atoms with Crippen LogP contribution >= 0.6 is 0 Å². The number of hydrogen-bond acceptors (Lipinski definition) is 7. The summed E-state index contributed by atoms with van der Waals surface area (Å²) in [5, 5.41) is 9.37. The fourth-order valence-electron chi connectivity index (χ4n) is 3.76. The first-order chi connectivity index (χ1) is 16.4. The molecule has 0 unspecified atom stereocenters. The third kappa shape index (κ3) is 4.50. The lowest BCUT2D eigenvalue weighted by atomic mass is 10.1. The Morgan fingerprint density at radius 3 is 2.53 bits per heavy atom. The van der Waals surface area contributed by atoms with Crippen LogP contribution in [0.4, 0.5) is 0 Å². The average Bonchev–Trinajstić information content (AvgIpc) is 3.44. The fourth-order valence-corrected chi connectivity index (χ4v) is 3.76. The van der Waals surface area contributed by atoms with Crippen LogP contribution in [-0.4, -0.2) is 36.8 Å². The molecular weight excluding hydrogens is 436 g/mol. The number of carbonyl (C=O) groups is 2. The highest BCUT2D eigenvalue weighted by molar-refractivity contribution is 6.02. The van der Waals surface area contributed by atoms with Gasteiger partial charge in [-0.2, -0.15) is 5.26 Å². The number of aromatic nitrogens is 1. The number of carbonyl (C=O) groups excluding carboxylic acids is 2. The lowest BCUT2D eigenvalue weighted by Gasteiger charge is -2.11. The smallest absolute Gasteiger partial charge is 0.349 e. The molecule has 1 aromatic heterocycles. The Bertz CT molecular complexity index is 1330. The maximum Gasteiger partial charge on any atom is 0.349 e. The molecule has 0 saturated carbocycles. The summed E-state index contributed by atoms with van der Waals surface area (Å²) < 4.78 is 23.0. The Kier molecular flexibility index (Phi) is 6.37. The van der Waals surface area contributed by atoms with E-state index in [1.54, 1.807) is 37.4 Å². The molecule has 3 aromatic rings. The first kappa shape index (κ1) is 22.7. The van der Waals surface area contributed by atoms with Crippen LogP contribution in [-0.2, 0) is 9.53 Å². The number of benzene rings is 2. The van der Waals surface area contributed by atoms with Crippen molar-refractivity contribution in [3.8, 4) is 29.0 Å². The van der Waals surface area contributed by atoms with Gasteiger partial charge in [0.25, 0.3) is 0 Å². The summed E-state index contributed by atoms with van der Waals surface area (Å²) in [6.45, 7) is 3.39. The normalized spacial score (nSPS) is 12.2. The van der Waals surface area contributed by atoms with Gasteiger partial charge in [0.1, 0.15) is 17.4 Å².